The highest BCUT2D eigenvalue weighted by Crippen LogP contribution is 2.33. The number of benzene rings is 2. The Morgan fingerprint density at radius 1 is 1.00 bits per heavy atom. The van der Waals surface area contributed by atoms with E-state index in [1.165, 1.54) is 0 Å². The zero-order valence-corrected chi connectivity index (χ0v) is 14.1. The van der Waals surface area contributed by atoms with Gasteiger partial charge < -0.3 is 4.74 Å². The Kier molecular flexibility index (Phi) is 5.23. The molecule has 2 aromatic rings. The molecule has 4 nitrogen and oxygen atoms in total. The van der Waals surface area contributed by atoms with Gasteiger partial charge in [0.25, 0.3) is 10.0 Å². The molecule has 2 aromatic carbocycles. The first-order valence-corrected chi connectivity index (χ1v) is 8.39. The minimum atomic E-state index is -5.18. The maximum absolute atomic E-state index is 13.1. The van der Waals surface area contributed by atoms with Crippen LogP contribution in [0.1, 0.15) is 0 Å². The highest BCUT2D eigenvalue weighted by Gasteiger charge is 2.34. The fourth-order valence-corrected chi connectivity index (χ4v) is 3.22. The van der Waals surface area contributed by atoms with Crippen LogP contribution in [0.25, 0.3) is 0 Å². The Morgan fingerprint density at radius 3 is 2.08 bits per heavy atom. The van der Waals surface area contributed by atoms with Gasteiger partial charge in [0.05, 0.1) is 5.69 Å². The first kappa shape index (κ1) is 19.4. The third-order valence-corrected chi connectivity index (χ3v) is 4.57. The lowest BCUT2D eigenvalue weighted by atomic mass is 10.3. The van der Waals surface area contributed by atoms with Crippen LogP contribution in [0.3, 0.4) is 0 Å². The number of halogens is 7. The Balaban J connectivity index is 2.47. The van der Waals surface area contributed by atoms with E-state index < -0.39 is 50.2 Å². The number of hydrogen-bond donors (Lipinski definition) is 1. The van der Waals surface area contributed by atoms with Crippen LogP contribution in [0.15, 0.2) is 39.7 Å². The molecule has 136 valence electrons. The molecule has 0 unspecified atom stereocenters. The molecule has 2 rings (SSSR count). The smallest absolute Gasteiger partial charge is 0.404 e. The average Bonchev–Trinajstić information content (AvgIpc) is 2.42. The molecule has 25 heavy (non-hydrogen) atoms. The molecule has 0 radical (unpaired) electrons. The highest BCUT2D eigenvalue weighted by atomic mass is 79.9. The predicted molar refractivity (Wildman–Crippen MR) is 77.9 cm³/mol. The zero-order valence-electron chi connectivity index (χ0n) is 11.7. The summed E-state index contributed by atoms with van der Waals surface area (Å²) in [5.74, 6) is -6.26. The third kappa shape index (κ3) is 4.78. The van der Waals surface area contributed by atoms with Crippen LogP contribution in [-0.2, 0) is 10.0 Å². The van der Waals surface area contributed by atoms with Crippen LogP contribution in [-0.4, -0.2) is 14.8 Å². The van der Waals surface area contributed by atoms with Gasteiger partial charge >= 0.3 is 6.36 Å². The van der Waals surface area contributed by atoms with Crippen molar-refractivity contribution in [3.63, 3.8) is 0 Å². The minimum Gasteiger partial charge on any atom is -0.404 e. The van der Waals surface area contributed by atoms with Gasteiger partial charge in [0.1, 0.15) is 4.90 Å². The molecule has 0 saturated heterocycles. The maximum atomic E-state index is 13.1. The monoisotopic (exact) mass is 449 g/mol. The Morgan fingerprint density at radius 2 is 1.56 bits per heavy atom. The van der Waals surface area contributed by atoms with Gasteiger partial charge in [-0.3, -0.25) is 4.72 Å². The molecule has 0 aromatic heterocycles. The van der Waals surface area contributed by atoms with Crippen molar-refractivity contribution >= 4 is 31.6 Å². The molecular formula is C13H6BrF6NO3S. The molecule has 0 saturated carbocycles. The van der Waals surface area contributed by atoms with Crippen molar-refractivity contribution in [2.45, 2.75) is 11.3 Å². The minimum absolute atomic E-state index is 0.0876. The van der Waals surface area contributed by atoms with E-state index in [1.54, 1.807) is 4.72 Å². The summed E-state index contributed by atoms with van der Waals surface area (Å²) in [5, 5.41) is 0. The molecule has 12 heteroatoms. The number of anilines is 1. The van der Waals surface area contributed by atoms with Crippen LogP contribution in [0, 0.1) is 17.5 Å². The molecule has 0 heterocycles. The van der Waals surface area contributed by atoms with Crippen molar-refractivity contribution in [3.8, 4) is 5.75 Å². The van der Waals surface area contributed by atoms with Crippen LogP contribution < -0.4 is 9.46 Å². The van der Waals surface area contributed by atoms with Crippen LogP contribution in [0.5, 0.6) is 5.75 Å². The number of sulfonamides is 1. The molecule has 0 amide bonds. The van der Waals surface area contributed by atoms with Gasteiger partial charge in [-0.25, -0.2) is 21.6 Å². The van der Waals surface area contributed by atoms with Gasteiger partial charge in [0.15, 0.2) is 23.2 Å². The summed E-state index contributed by atoms with van der Waals surface area (Å²) >= 11 is 2.86. The van der Waals surface area contributed by atoms with E-state index in [2.05, 4.69) is 20.7 Å². The summed E-state index contributed by atoms with van der Waals surface area (Å²) < 4.78 is 106. The summed E-state index contributed by atoms with van der Waals surface area (Å²) in [6, 6.07) is 3.31. The van der Waals surface area contributed by atoms with Crippen molar-refractivity contribution in [3.05, 3.63) is 52.3 Å². The van der Waals surface area contributed by atoms with E-state index in [4.69, 9.17) is 0 Å². The standard InChI is InChI=1S/C13H6BrF6NO3S/c14-6-1-2-11(10(3-6)24-13(18,19)20)25(22,23)21-7-4-8(15)12(17)9(16)5-7/h1-5,21H. The summed E-state index contributed by atoms with van der Waals surface area (Å²) in [7, 11) is -4.73. The SMILES string of the molecule is O=S(=O)(Nc1cc(F)c(F)c(F)c1)c1ccc(Br)cc1OC(F)(F)F. The molecule has 0 spiro atoms. The van der Waals surface area contributed by atoms with Crippen LogP contribution in [0.2, 0.25) is 0 Å². The number of hydrogen-bond acceptors (Lipinski definition) is 3. The van der Waals surface area contributed by atoms with Gasteiger partial charge in [0, 0.05) is 16.6 Å². The van der Waals surface area contributed by atoms with E-state index in [0.717, 1.165) is 18.2 Å². The van der Waals surface area contributed by atoms with Crippen molar-refractivity contribution in [2.75, 3.05) is 4.72 Å². The summed E-state index contributed by atoms with van der Waals surface area (Å²) in [5.41, 5.74) is -0.725. The van der Waals surface area contributed by atoms with E-state index in [9.17, 15) is 34.8 Å². The molecule has 0 atom stereocenters. The van der Waals surface area contributed by atoms with E-state index >= 15 is 0 Å². The predicted octanol–water partition coefficient (Wildman–Crippen LogP) is 4.57. The molecule has 1 N–H and O–H groups in total. The second kappa shape index (κ2) is 6.75. The lowest BCUT2D eigenvalue weighted by molar-refractivity contribution is -0.275. The Hall–Kier alpha value is -1.95. The maximum Gasteiger partial charge on any atom is 0.573 e. The molecule has 0 fully saturated rings. The van der Waals surface area contributed by atoms with E-state index in [-0.39, 0.29) is 4.47 Å². The second-order valence-corrected chi connectivity index (χ2v) is 7.06. The molecule has 0 aliphatic rings. The topological polar surface area (TPSA) is 55.4 Å². The van der Waals surface area contributed by atoms with Crippen molar-refractivity contribution in [1.82, 2.24) is 0 Å². The average molecular weight is 450 g/mol. The third-order valence-electron chi connectivity index (χ3n) is 2.66. The first-order valence-electron chi connectivity index (χ1n) is 6.12. The van der Waals surface area contributed by atoms with Gasteiger partial charge in [-0.2, -0.15) is 0 Å². The summed E-state index contributed by atoms with van der Waals surface area (Å²) in [6.45, 7) is 0. The number of ether oxygens (including phenoxy) is 1. The fraction of sp³-hybridized carbons (Fsp3) is 0.0769. The molecule has 0 aliphatic heterocycles. The molecule has 0 aliphatic carbocycles. The lowest BCUT2D eigenvalue weighted by Gasteiger charge is -2.15. The number of alkyl halides is 3. The van der Waals surface area contributed by atoms with Crippen molar-refractivity contribution < 1.29 is 39.5 Å². The largest absolute Gasteiger partial charge is 0.573 e. The first-order chi connectivity index (χ1) is 11.4. The Labute approximate surface area is 145 Å². The van der Waals surface area contributed by atoms with E-state index in [0.29, 0.717) is 12.1 Å². The van der Waals surface area contributed by atoms with Crippen molar-refractivity contribution in [2.24, 2.45) is 0 Å². The van der Waals surface area contributed by atoms with Gasteiger partial charge in [-0.05, 0) is 18.2 Å². The normalized spacial score (nSPS) is 12.1. The summed E-state index contributed by atoms with van der Waals surface area (Å²) in [4.78, 5) is -0.946. The number of rotatable bonds is 4. The Bertz CT molecular complexity index is 893. The van der Waals surface area contributed by atoms with Crippen LogP contribution >= 0.6 is 15.9 Å². The zero-order chi connectivity index (χ0) is 19.0. The molecular weight excluding hydrogens is 444 g/mol. The van der Waals surface area contributed by atoms with Gasteiger partial charge in [0.2, 0.25) is 0 Å². The number of nitrogens with one attached hydrogen (secondary N) is 1. The van der Waals surface area contributed by atoms with Gasteiger partial charge in [-0.1, -0.05) is 15.9 Å². The fourth-order valence-electron chi connectivity index (χ4n) is 1.73. The molecule has 0 bridgehead atoms. The quantitative estimate of drug-likeness (QED) is 0.549. The van der Waals surface area contributed by atoms with E-state index in [1.807, 2.05) is 0 Å². The summed E-state index contributed by atoms with van der Waals surface area (Å²) in [6.07, 6.45) is -5.18. The van der Waals surface area contributed by atoms with Crippen molar-refractivity contribution in [1.29, 1.82) is 0 Å². The lowest BCUT2D eigenvalue weighted by Crippen LogP contribution is -2.21. The second-order valence-electron chi connectivity index (χ2n) is 4.50. The highest BCUT2D eigenvalue weighted by molar-refractivity contribution is 9.10. The van der Waals surface area contributed by atoms with Crippen LogP contribution in [0.4, 0.5) is 32.0 Å². The van der Waals surface area contributed by atoms with Gasteiger partial charge in [-0.15, -0.1) is 13.2 Å².